The van der Waals surface area contributed by atoms with Gasteiger partial charge < -0.3 is 23.7 Å². The number of carbonyl (C=O) groups is 3. The zero-order valence-electron chi connectivity index (χ0n) is 41.9. The maximum absolute atomic E-state index is 13.1. The monoisotopic (exact) mass is 967 g/mol. The average Bonchev–Trinajstić information content (AvgIpc) is 3.84. The van der Waals surface area contributed by atoms with E-state index < -0.39 is 11.9 Å². The standard InChI is InChI=1S/C61H74O8S/c1-4-7-9-11-13-15-17-19-21-23-43-66-50-33-29-48(30-34-50)59(62)68-52-37-25-46(26-38-52)54-41-42-55(58-56(54)45-57(70-58)61(64)65-6-3)47-27-39-53(40-28-47)69-60(63)49-31-35-51(36-32-49)67-44-24-22-20-18-16-14-12-10-8-5-2/h25-42,45H,4-24,43-44H2,1-3H3. The third kappa shape index (κ3) is 17.2. The largest absolute Gasteiger partial charge is 0.494 e. The van der Waals surface area contributed by atoms with Crippen molar-refractivity contribution in [2.24, 2.45) is 0 Å². The van der Waals surface area contributed by atoms with Crippen LogP contribution in [0.15, 0.2) is 115 Å². The van der Waals surface area contributed by atoms with Crippen LogP contribution in [0, 0.1) is 0 Å². The predicted octanol–water partition coefficient (Wildman–Crippen LogP) is 17.4. The van der Waals surface area contributed by atoms with E-state index in [2.05, 4.69) is 13.8 Å². The van der Waals surface area contributed by atoms with Gasteiger partial charge in [-0.2, -0.15) is 0 Å². The van der Waals surface area contributed by atoms with E-state index in [0.29, 0.717) is 40.7 Å². The minimum Gasteiger partial charge on any atom is -0.494 e. The van der Waals surface area contributed by atoms with Gasteiger partial charge in [-0.1, -0.05) is 166 Å². The van der Waals surface area contributed by atoms with Crippen LogP contribution in [0.2, 0.25) is 0 Å². The van der Waals surface area contributed by atoms with E-state index >= 15 is 0 Å². The second kappa shape index (κ2) is 30.0. The molecule has 0 atom stereocenters. The number of ether oxygens (including phenoxy) is 5. The van der Waals surface area contributed by atoms with Crippen molar-refractivity contribution in [3.05, 3.63) is 131 Å². The fourth-order valence-electron chi connectivity index (χ4n) is 8.58. The number of thiophene rings is 1. The topological polar surface area (TPSA) is 97.4 Å². The molecule has 0 fully saturated rings. The lowest BCUT2D eigenvalue weighted by Gasteiger charge is -2.11. The van der Waals surface area contributed by atoms with Crippen LogP contribution in [0.3, 0.4) is 0 Å². The molecule has 70 heavy (non-hydrogen) atoms. The third-order valence-corrected chi connectivity index (χ3v) is 13.8. The first kappa shape index (κ1) is 53.4. The number of hydrogen-bond acceptors (Lipinski definition) is 9. The van der Waals surface area contributed by atoms with E-state index in [0.717, 1.165) is 56.7 Å². The molecular weight excluding hydrogens is 893 g/mol. The number of carbonyl (C=O) groups excluding carboxylic acids is 3. The number of unbranched alkanes of at least 4 members (excludes halogenated alkanes) is 18. The van der Waals surface area contributed by atoms with E-state index in [1.165, 1.54) is 127 Å². The molecular formula is C61H74O8S. The lowest BCUT2D eigenvalue weighted by atomic mass is 9.96. The first-order chi connectivity index (χ1) is 34.4. The molecule has 0 unspecified atom stereocenters. The van der Waals surface area contributed by atoms with E-state index in [4.69, 9.17) is 23.7 Å². The smallest absolute Gasteiger partial charge is 0.348 e. The van der Waals surface area contributed by atoms with Crippen molar-refractivity contribution in [1.29, 1.82) is 0 Å². The Kier molecular flexibility index (Phi) is 22.9. The Morgan fingerprint density at radius 2 is 0.771 bits per heavy atom. The molecule has 6 rings (SSSR count). The third-order valence-electron chi connectivity index (χ3n) is 12.6. The fraction of sp³-hybridized carbons (Fsp3) is 0.426. The van der Waals surface area contributed by atoms with Crippen LogP contribution in [0.5, 0.6) is 23.0 Å². The molecule has 0 spiro atoms. The van der Waals surface area contributed by atoms with Crippen molar-refractivity contribution in [2.45, 2.75) is 149 Å². The zero-order valence-corrected chi connectivity index (χ0v) is 42.7. The summed E-state index contributed by atoms with van der Waals surface area (Å²) < 4.78 is 29.7. The first-order valence-corrected chi connectivity index (χ1v) is 27.0. The highest BCUT2D eigenvalue weighted by Crippen LogP contribution is 2.41. The molecule has 6 aromatic rings. The summed E-state index contributed by atoms with van der Waals surface area (Å²) in [5, 5.41) is 0.886. The molecule has 0 amide bonds. The van der Waals surface area contributed by atoms with Crippen molar-refractivity contribution in [1.82, 2.24) is 0 Å². The SMILES string of the molecule is CCCCCCCCCCCCOc1ccc(C(=O)Oc2ccc(-c3ccc(-c4ccc(OC(=O)c5ccc(OCCCCCCCCCCCC)cc5)cc4)c4sc(C(=O)OCC)cc34)cc2)cc1. The van der Waals surface area contributed by atoms with Gasteiger partial charge in [-0.05, 0) is 121 Å². The van der Waals surface area contributed by atoms with Gasteiger partial charge in [0.25, 0.3) is 0 Å². The Hall–Kier alpha value is -5.93. The second-order valence-corrected chi connectivity index (χ2v) is 19.2. The summed E-state index contributed by atoms with van der Waals surface area (Å²) in [7, 11) is 0. The van der Waals surface area contributed by atoms with Gasteiger partial charge in [0.2, 0.25) is 0 Å². The normalized spacial score (nSPS) is 11.1. The highest BCUT2D eigenvalue weighted by molar-refractivity contribution is 7.21. The van der Waals surface area contributed by atoms with E-state index in [9.17, 15) is 14.4 Å². The lowest BCUT2D eigenvalue weighted by molar-refractivity contribution is 0.0531. The van der Waals surface area contributed by atoms with Crippen LogP contribution < -0.4 is 18.9 Å². The summed E-state index contributed by atoms with van der Waals surface area (Å²) in [5.41, 5.74) is 4.50. The number of rotatable bonds is 32. The van der Waals surface area contributed by atoms with Crippen molar-refractivity contribution < 1.29 is 38.1 Å². The van der Waals surface area contributed by atoms with E-state index in [1.807, 2.05) is 66.7 Å². The Bertz CT molecular complexity index is 2310. The summed E-state index contributed by atoms with van der Waals surface area (Å²) in [6.07, 6.45) is 25.5. The quantitative estimate of drug-likeness (QED) is 0.0234. The summed E-state index contributed by atoms with van der Waals surface area (Å²) in [5.74, 6) is 1.03. The maximum Gasteiger partial charge on any atom is 0.348 e. The Balaban J connectivity index is 1.00. The molecule has 0 aliphatic carbocycles. The van der Waals surface area contributed by atoms with Crippen LogP contribution in [0.4, 0.5) is 0 Å². The predicted molar refractivity (Wildman–Crippen MR) is 286 cm³/mol. The van der Waals surface area contributed by atoms with Crippen molar-refractivity contribution in [3.63, 3.8) is 0 Å². The molecule has 0 saturated carbocycles. The van der Waals surface area contributed by atoms with Crippen LogP contribution in [0.1, 0.15) is 180 Å². The van der Waals surface area contributed by atoms with Crippen LogP contribution in [-0.4, -0.2) is 37.7 Å². The molecule has 8 nitrogen and oxygen atoms in total. The van der Waals surface area contributed by atoms with E-state index in [1.54, 1.807) is 55.5 Å². The van der Waals surface area contributed by atoms with Crippen molar-refractivity contribution in [2.75, 3.05) is 19.8 Å². The molecule has 0 saturated heterocycles. The molecule has 0 bridgehead atoms. The molecule has 0 aliphatic heterocycles. The van der Waals surface area contributed by atoms with Crippen LogP contribution >= 0.6 is 11.3 Å². The van der Waals surface area contributed by atoms with Gasteiger partial charge in [0, 0.05) is 10.1 Å². The second-order valence-electron chi connectivity index (χ2n) is 18.2. The van der Waals surface area contributed by atoms with Gasteiger partial charge in [0.15, 0.2) is 0 Å². The average molecular weight is 967 g/mol. The highest BCUT2D eigenvalue weighted by atomic mass is 32.1. The number of fused-ring (bicyclic) bond motifs is 1. The highest BCUT2D eigenvalue weighted by Gasteiger charge is 2.19. The minimum absolute atomic E-state index is 0.266. The summed E-state index contributed by atoms with van der Waals surface area (Å²) in [6.45, 7) is 7.89. The number of hydrogen-bond donors (Lipinski definition) is 0. The Morgan fingerprint density at radius 1 is 0.400 bits per heavy atom. The number of benzene rings is 5. The molecule has 1 heterocycles. The molecule has 0 aliphatic rings. The van der Waals surface area contributed by atoms with E-state index in [-0.39, 0.29) is 12.6 Å². The summed E-state index contributed by atoms with van der Waals surface area (Å²) >= 11 is 1.37. The zero-order chi connectivity index (χ0) is 49.2. The molecule has 0 radical (unpaired) electrons. The van der Waals surface area contributed by atoms with Gasteiger partial charge in [-0.25, -0.2) is 14.4 Å². The molecule has 1 aromatic heterocycles. The summed E-state index contributed by atoms with van der Waals surface area (Å²) in [6, 6.07) is 34.9. The lowest BCUT2D eigenvalue weighted by Crippen LogP contribution is -2.08. The molecule has 9 heteroatoms. The Morgan fingerprint density at radius 3 is 1.19 bits per heavy atom. The van der Waals surface area contributed by atoms with Gasteiger partial charge in [-0.15, -0.1) is 11.3 Å². The number of esters is 3. The van der Waals surface area contributed by atoms with Crippen LogP contribution in [0.25, 0.3) is 32.3 Å². The molecule has 372 valence electrons. The van der Waals surface area contributed by atoms with Gasteiger partial charge in [0.1, 0.15) is 27.9 Å². The minimum atomic E-state index is -0.451. The van der Waals surface area contributed by atoms with Gasteiger partial charge in [-0.3, -0.25) is 0 Å². The molecule has 0 N–H and O–H groups in total. The van der Waals surface area contributed by atoms with Crippen LogP contribution in [-0.2, 0) is 4.74 Å². The fourth-order valence-corrected chi connectivity index (χ4v) is 9.69. The first-order valence-electron chi connectivity index (χ1n) is 26.2. The maximum atomic E-state index is 13.1. The van der Waals surface area contributed by atoms with Crippen molar-refractivity contribution in [3.8, 4) is 45.3 Å². The summed E-state index contributed by atoms with van der Waals surface area (Å²) in [4.78, 5) is 39.7. The Labute approximate surface area is 421 Å². The molecule has 5 aromatic carbocycles. The van der Waals surface area contributed by atoms with Crippen molar-refractivity contribution >= 4 is 39.3 Å². The van der Waals surface area contributed by atoms with Gasteiger partial charge >= 0.3 is 17.9 Å². The van der Waals surface area contributed by atoms with Gasteiger partial charge in [0.05, 0.1) is 30.9 Å².